The highest BCUT2D eigenvalue weighted by atomic mass is 35.5. The van der Waals surface area contributed by atoms with Crippen molar-refractivity contribution in [2.24, 2.45) is 0 Å². The van der Waals surface area contributed by atoms with E-state index in [0.717, 1.165) is 6.20 Å². The summed E-state index contributed by atoms with van der Waals surface area (Å²) in [5, 5.41) is 8.54. The number of hydrogen-bond donors (Lipinski definition) is 2. The number of aliphatic hydroxyl groups is 1. The van der Waals surface area contributed by atoms with E-state index >= 15 is 0 Å². The smallest absolute Gasteiger partial charge is 0.266 e. The van der Waals surface area contributed by atoms with Gasteiger partial charge in [-0.3, -0.25) is 0 Å². The Labute approximate surface area is 78.1 Å². The predicted octanol–water partition coefficient (Wildman–Crippen LogP) is 1.75. The van der Waals surface area contributed by atoms with Crippen molar-refractivity contribution in [3.8, 4) is 0 Å². The summed E-state index contributed by atoms with van der Waals surface area (Å²) in [6.45, 7) is -0.502. The molecule has 72 valence electrons. The van der Waals surface area contributed by atoms with Gasteiger partial charge in [0, 0.05) is 11.8 Å². The van der Waals surface area contributed by atoms with E-state index in [0.29, 0.717) is 0 Å². The summed E-state index contributed by atoms with van der Waals surface area (Å²) in [5.41, 5.74) is 4.92. The van der Waals surface area contributed by atoms with Crippen molar-refractivity contribution in [2.75, 3.05) is 5.73 Å². The Morgan fingerprint density at radius 2 is 2.23 bits per heavy atom. The first-order valence-electron chi connectivity index (χ1n) is 3.39. The van der Waals surface area contributed by atoms with Gasteiger partial charge in [0.2, 0.25) is 0 Å². The summed E-state index contributed by atoms with van der Waals surface area (Å²) < 4.78 is 24.5. The average Bonchev–Trinajstić information content (AvgIpc) is 2.04. The van der Waals surface area contributed by atoms with Gasteiger partial charge in [0.15, 0.2) is 0 Å². The number of pyridine rings is 1. The maximum atomic E-state index is 12.2. The lowest BCUT2D eigenvalue weighted by molar-refractivity contribution is 0.151. The van der Waals surface area contributed by atoms with E-state index in [9.17, 15) is 8.78 Å². The second-order valence-corrected chi connectivity index (χ2v) is 2.73. The molecule has 0 aromatic carbocycles. The van der Waals surface area contributed by atoms with Gasteiger partial charge >= 0.3 is 0 Å². The molecule has 1 aromatic rings. The van der Waals surface area contributed by atoms with Gasteiger partial charge in [-0.05, 0) is 0 Å². The Morgan fingerprint density at radius 1 is 1.62 bits per heavy atom. The molecule has 3 nitrogen and oxygen atoms in total. The Morgan fingerprint density at radius 3 is 2.69 bits per heavy atom. The lowest BCUT2D eigenvalue weighted by Gasteiger charge is -2.08. The number of halogens is 3. The predicted molar refractivity (Wildman–Crippen MR) is 44.5 cm³/mol. The number of anilines is 1. The van der Waals surface area contributed by atoms with Crippen LogP contribution in [0, 0.1) is 0 Å². The monoisotopic (exact) mass is 208 g/mol. The van der Waals surface area contributed by atoms with Crippen molar-refractivity contribution < 1.29 is 13.9 Å². The summed E-state index contributed by atoms with van der Waals surface area (Å²) >= 11 is 5.55. The molecule has 1 aromatic heterocycles. The number of alkyl halides is 2. The number of hydrogen-bond acceptors (Lipinski definition) is 3. The first-order chi connectivity index (χ1) is 6.07. The van der Waals surface area contributed by atoms with E-state index in [1.54, 1.807) is 0 Å². The maximum Gasteiger partial charge on any atom is 0.266 e. The standard InChI is InChI=1S/C7H7ClF2N2O/c8-5-3(6(9)10)1-12-7(11)4(5)2-13/h1,6,13H,2H2,(H2,11,12). The highest BCUT2D eigenvalue weighted by molar-refractivity contribution is 6.32. The Balaban J connectivity index is 3.27. The van der Waals surface area contributed by atoms with Crippen LogP contribution in [-0.4, -0.2) is 10.1 Å². The average molecular weight is 209 g/mol. The minimum absolute atomic E-state index is 0.0306. The molecule has 0 unspecified atom stereocenters. The molecule has 0 spiro atoms. The Hall–Kier alpha value is -0.940. The fourth-order valence-electron chi connectivity index (χ4n) is 0.863. The van der Waals surface area contributed by atoms with Gasteiger partial charge in [-0.1, -0.05) is 11.6 Å². The number of rotatable bonds is 2. The van der Waals surface area contributed by atoms with E-state index in [-0.39, 0.29) is 16.4 Å². The van der Waals surface area contributed by atoms with Crippen LogP contribution in [0.15, 0.2) is 6.20 Å². The van der Waals surface area contributed by atoms with E-state index < -0.39 is 18.6 Å². The lowest BCUT2D eigenvalue weighted by Crippen LogP contribution is -2.01. The Bertz CT molecular complexity index is 320. The summed E-state index contributed by atoms with van der Waals surface area (Å²) in [4.78, 5) is 3.49. The van der Waals surface area contributed by atoms with Crippen LogP contribution in [0.25, 0.3) is 0 Å². The second-order valence-electron chi connectivity index (χ2n) is 2.35. The van der Waals surface area contributed by atoms with Crippen LogP contribution in [-0.2, 0) is 6.61 Å². The first kappa shape index (κ1) is 10.1. The fraction of sp³-hybridized carbons (Fsp3) is 0.286. The zero-order valence-electron chi connectivity index (χ0n) is 6.47. The molecule has 0 aliphatic carbocycles. The van der Waals surface area contributed by atoms with Crippen molar-refractivity contribution in [3.63, 3.8) is 0 Å². The van der Waals surface area contributed by atoms with E-state index in [2.05, 4.69) is 4.98 Å². The third kappa shape index (κ3) is 1.87. The third-order valence-corrected chi connectivity index (χ3v) is 2.01. The van der Waals surface area contributed by atoms with E-state index in [4.69, 9.17) is 22.4 Å². The molecule has 0 radical (unpaired) electrons. The maximum absolute atomic E-state index is 12.2. The molecule has 1 rings (SSSR count). The van der Waals surface area contributed by atoms with Crippen molar-refractivity contribution in [1.29, 1.82) is 0 Å². The van der Waals surface area contributed by atoms with Crippen LogP contribution in [0.5, 0.6) is 0 Å². The summed E-state index contributed by atoms with van der Waals surface area (Å²) in [6, 6.07) is 0. The quantitative estimate of drug-likeness (QED) is 0.779. The van der Waals surface area contributed by atoms with Crippen molar-refractivity contribution in [1.82, 2.24) is 4.98 Å². The molecule has 13 heavy (non-hydrogen) atoms. The van der Waals surface area contributed by atoms with Crippen LogP contribution in [0.4, 0.5) is 14.6 Å². The van der Waals surface area contributed by atoms with E-state index in [1.165, 1.54) is 0 Å². The van der Waals surface area contributed by atoms with Crippen LogP contribution in [0.2, 0.25) is 5.02 Å². The number of nitrogens with two attached hydrogens (primary N) is 1. The molecule has 0 aliphatic rings. The van der Waals surface area contributed by atoms with Crippen molar-refractivity contribution in [3.05, 3.63) is 22.3 Å². The van der Waals surface area contributed by atoms with Gasteiger partial charge in [0.05, 0.1) is 17.2 Å². The summed E-state index contributed by atoms with van der Waals surface area (Å²) in [6.07, 6.45) is -1.81. The molecule has 0 aliphatic heterocycles. The fourth-order valence-corrected chi connectivity index (χ4v) is 1.15. The number of aliphatic hydroxyl groups excluding tert-OH is 1. The van der Waals surface area contributed by atoms with Gasteiger partial charge in [-0.15, -0.1) is 0 Å². The molecule has 0 atom stereocenters. The highest BCUT2D eigenvalue weighted by Gasteiger charge is 2.17. The lowest BCUT2D eigenvalue weighted by atomic mass is 10.2. The molecule has 1 heterocycles. The Kier molecular flexibility index (Phi) is 3.00. The van der Waals surface area contributed by atoms with E-state index in [1.807, 2.05) is 0 Å². The van der Waals surface area contributed by atoms with Crippen molar-refractivity contribution in [2.45, 2.75) is 13.0 Å². The number of aromatic nitrogens is 1. The number of nitrogens with zero attached hydrogens (tertiary/aromatic N) is 1. The third-order valence-electron chi connectivity index (χ3n) is 1.56. The summed E-state index contributed by atoms with van der Waals surface area (Å²) in [7, 11) is 0. The zero-order valence-corrected chi connectivity index (χ0v) is 7.22. The SMILES string of the molecule is Nc1ncc(C(F)F)c(Cl)c1CO. The van der Waals surface area contributed by atoms with Crippen LogP contribution in [0.1, 0.15) is 17.6 Å². The molecular weight excluding hydrogens is 202 g/mol. The minimum Gasteiger partial charge on any atom is -0.391 e. The number of nitrogen functional groups attached to an aromatic ring is 1. The van der Waals surface area contributed by atoms with Crippen LogP contribution in [0.3, 0.4) is 0 Å². The second kappa shape index (κ2) is 3.85. The van der Waals surface area contributed by atoms with Crippen LogP contribution < -0.4 is 5.73 Å². The molecule has 0 saturated carbocycles. The summed E-state index contributed by atoms with van der Waals surface area (Å²) in [5.74, 6) is -0.0306. The van der Waals surface area contributed by atoms with Gasteiger partial charge < -0.3 is 10.8 Å². The van der Waals surface area contributed by atoms with Gasteiger partial charge in [0.25, 0.3) is 6.43 Å². The molecule has 0 amide bonds. The van der Waals surface area contributed by atoms with Crippen LogP contribution >= 0.6 is 11.6 Å². The first-order valence-corrected chi connectivity index (χ1v) is 3.77. The van der Waals surface area contributed by atoms with Crippen molar-refractivity contribution >= 4 is 17.4 Å². The molecule has 0 bridgehead atoms. The normalized spacial score (nSPS) is 10.8. The zero-order chi connectivity index (χ0) is 10.0. The minimum atomic E-state index is -2.72. The van der Waals surface area contributed by atoms with Gasteiger partial charge in [-0.25, -0.2) is 13.8 Å². The van der Waals surface area contributed by atoms with Gasteiger partial charge in [0.1, 0.15) is 5.82 Å². The molecule has 3 N–H and O–H groups in total. The van der Waals surface area contributed by atoms with Gasteiger partial charge in [-0.2, -0.15) is 0 Å². The molecule has 0 fully saturated rings. The molecular formula is C7H7ClF2N2O. The largest absolute Gasteiger partial charge is 0.391 e. The molecule has 0 saturated heterocycles. The molecule has 6 heteroatoms. The highest BCUT2D eigenvalue weighted by Crippen LogP contribution is 2.31. The topological polar surface area (TPSA) is 59.1 Å².